The molecule has 0 bridgehead atoms. The topological polar surface area (TPSA) is 41.6 Å². The zero-order valence-electron chi connectivity index (χ0n) is 15.5. The number of carbonyl (C=O) groups excluding carboxylic acids is 1. The Balaban J connectivity index is 1.61. The van der Waals surface area contributed by atoms with Crippen molar-refractivity contribution >= 4 is 17.5 Å². The standard InChI is InChI=1S/C20H29ClN2O2/c1-13(2)17-9-18(21)14(3)8-19(17)25-12-20(24)23-6-4-15-10-22-11-16(15)5-7-23/h8-9,13,15-16,22H,4-7,10-12H2,1-3H3/t15-,16+. The zero-order valence-corrected chi connectivity index (χ0v) is 16.2. The quantitative estimate of drug-likeness (QED) is 0.887. The van der Waals surface area contributed by atoms with E-state index in [1.165, 1.54) is 0 Å². The number of benzene rings is 1. The van der Waals surface area contributed by atoms with Gasteiger partial charge in [0.05, 0.1) is 0 Å². The van der Waals surface area contributed by atoms with Crippen molar-refractivity contribution in [1.82, 2.24) is 10.2 Å². The number of fused-ring (bicyclic) bond motifs is 1. The van der Waals surface area contributed by atoms with Crippen molar-refractivity contribution in [1.29, 1.82) is 0 Å². The average Bonchev–Trinajstić information content (AvgIpc) is 2.93. The first-order valence-corrected chi connectivity index (χ1v) is 9.74. The summed E-state index contributed by atoms with van der Waals surface area (Å²) < 4.78 is 5.92. The molecule has 0 unspecified atom stereocenters. The number of hydrogen-bond acceptors (Lipinski definition) is 3. The third kappa shape index (κ3) is 4.29. The first-order valence-electron chi connectivity index (χ1n) is 9.37. The number of carbonyl (C=O) groups is 1. The molecule has 2 fully saturated rings. The van der Waals surface area contributed by atoms with E-state index in [-0.39, 0.29) is 12.5 Å². The molecule has 0 saturated carbocycles. The molecule has 2 aliphatic heterocycles. The van der Waals surface area contributed by atoms with Gasteiger partial charge in [-0.2, -0.15) is 0 Å². The van der Waals surface area contributed by atoms with Crippen LogP contribution in [0, 0.1) is 18.8 Å². The average molecular weight is 365 g/mol. The summed E-state index contributed by atoms with van der Waals surface area (Å²) in [5.41, 5.74) is 2.03. The third-order valence-corrected chi connectivity index (χ3v) is 6.04. The lowest BCUT2D eigenvalue weighted by Crippen LogP contribution is -2.36. The van der Waals surface area contributed by atoms with Gasteiger partial charge in [0.1, 0.15) is 5.75 Å². The lowest BCUT2D eigenvalue weighted by atomic mass is 9.92. The number of hydrogen-bond donors (Lipinski definition) is 1. The summed E-state index contributed by atoms with van der Waals surface area (Å²) in [5.74, 6) is 2.63. The predicted molar refractivity (Wildman–Crippen MR) is 101 cm³/mol. The maximum absolute atomic E-state index is 12.6. The summed E-state index contributed by atoms with van der Waals surface area (Å²) in [6.45, 7) is 10.2. The van der Waals surface area contributed by atoms with Crippen LogP contribution in [0.3, 0.4) is 0 Å². The van der Waals surface area contributed by atoms with E-state index in [0.29, 0.717) is 5.92 Å². The number of ether oxygens (including phenoxy) is 1. The van der Waals surface area contributed by atoms with Crippen molar-refractivity contribution in [3.05, 3.63) is 28.3 Å². The van der Waals surface area contributed by atoms with Gasteiger partial charge in [-0.1, -0.05) is 25.4 Å². The van der Waals surface area contributed by atoms with Crippen LogP contribution in [0.5, 0.6) is 5.75 Å². The lowest BCUT2D eigenvalue weighted by molar-refractivity contribution is -0.133. The van der Waals surface area contributed by atoms with Crippen molar-refractivity contribution in [3.8, 4) is 5.75 Å². The second kappa shape index (κ2) is 7.96. The Labute approximate surface area is 155 Å². The van der Waals surface area contributed by atoms with Crippen LogP contribution in [-0.2, 0) is 4.79 Å². The van der Waals surface area contributed by atoms with E-state index in [2.05, 4.69) is 19.2 Å². The summed E-state index contributed by atoms with van der Waals surface area (Å²) in [5, 5.41) is 4.22. The van der Waals surface area contributed by atoms with Crippen molar-refractivity contribution in [2.24, 2.45) is 11.8 Å². The van der Waals surface area contributed by atoms with Gasteiger partial charge in [0.25, 0.3) is 5.91 Å². The molecule has 5 heteroatoms. The van der Waals surface area contributed by atoms with Gasteiger partial charge in [-0.15, -0.1) is 0 Å². The molecular formula is C20H29ClN2O2. The highest BCUT2D eigenvalue weighted by atomic mass is 35.5. The van der Waals surface area contributed by atoms with E-state index >= 15 is 0 Å². The van der Waals surface area contributed by atoms with Gasteiger partial charge in [0.15, 0.2) is 6.61 Å². The maximum atomic E-state index is 12.6. The number of amides is 1. The van der Waals surface area contributed by atoms with E-state index in [1.807, 2.05) is 24.0 Å². The Morgan fingerprint density at radius 2 is 1.92 bits per heavy atom. The molecule has 25 heavy (non-hydrogen) atoms. The number of rotatable bonds is 4. The van der Waals surface area contributed by atoms with Gasteiger partial charge < -0.3 is 15.0 Å². The normalized spacial score (nSPS) is 23.5. The molecule has 1 amide bonds. The molecule has 0 aromatic heterocycles. The molecule has 2 aliphatic rings. The molecule has 0 radical (unpaired) electrons. The monoisotopic (exact) mass is 364 g/mol. The van der Waals surface area contributed by atoms with E-state index in [4.69, 9.17) is 16.3 Å². The van der Waals surface area contributed by atoms with Crippen molar-refractivity contribution < 1.29 is 9.53 Å². The van der Waals surface area contributed by atoms with Crippen LogP contribution in [0.15, 0.2) is 12.1 Å². The molecule has 2 heterocycles. The minimum absolute atomic E-state index is 0.0928. The summed E-state index contributed by atoms with van der Waals surface area (Å²) in [4.78, 5) is 14.6. The molecule has 1 aromatic carbocycles. The van der Waals surface area contributed by atoms with Crippen LogP contribution in [0.1, 0.15) is 43.7 Å². The number of aryl methyl sites for hydroxylation is 1. The van der Waals surface area contributed by atoms with Gasteiger partial charge in [0, 0.05) is 18.1 Å². The number of nitrogens with one attached hydrogen (secondary N) is 1. The highest BCUT2D eigenvalue weighted by Gasteiger charge is 2.31. The van der Waals surface area contributed by atoms with Crippen LogP contribution < -0.4 is 10.1 Å². The van der Waals surface area contributed by atoms with Crippen molar-refractivity contribution in [2.75, 3.05) is 32.8 Å². The molecule has 138 valence electrons. The van der Waals surface area contributed by atoms with Crippen molar-refractivity contribution in [3.63, 3.8) is 0 Å². The highest BCUT2D eigenvalue weighted by molar-refractivity contribution is 6.31. The Hall–Kier alpha value is -1.26. The first-order chi connectivity index (χ1) is 12.0. The fourth-order valence-electron chi connectivity index (χ4n) is 3.94. The number of halogens is 1. The number of nitrogens with zero attached hydrogens (tertiary/aromatic N) is 1. The Kier molecular flexibility index (Phi) is 5.90. The van der Waals surface area contributed by atoms with Gasteiger partial charge in [0.2, 0.25) is 0 Å². The van der Waals surface area contributed by atoms with Crippen LogP contribution in [0.25, 0.3) is 0 Å². The molecule has 3 rings (SSSR count). The molecule has 4 nitrogen and oxygen atoms in total. The Bertz CT molecular complexity index is 618. The summed E-state index contributed by atoms with van der Waals surface area (Å²) in [6, 6.07) is 3.91. The van der Waals surface area contributed by atoms with Crippen LogP contribution in [-0.4, -0.2) is 43.6 Å². The van der Waals surface area contributed by atoms with Gasteiger partial charge in [-0.25, -0.2) is 0 Å². The first kappa shape index (κ1) is 18.5. The maximum Gasteiger partial charge on any atom is 0.260 e. The largest absolute Gasteiger partial charge is 0.483 e. The number of likely N-dealkylation sites (tertiary alicyclic amines) is 1. The van der Waals surface area contributed by atoms with Gasteiger partial charge >= 0.3 is 0 Å². The SMILES string of the molecule is Cc1cc(OCC(=O)N2CC[C@@H]3CNC[C@@H]3CC2)c(C(C)C)cc1Cl. The Morgan fingerprint density at radius 3 is 2.52 bits per heavy atom. The van der Waals surface area contributed by atoms with Gasteiger partial charge in [-0.05, 0) is 73.9 Å². The zero-order chi connectivity index (χ0) is 18.0. The predicted octanol–water partition coefficient (Wildman–Crippen LogP) is 3.61. The fourth-order valence-corrected chi connectivity index (χ4v) is 4.12. The van der Waals surface area contributed by atoms with E-state index in [0.717, 1.165) is 72.8 Å². The highest BCUT2D eigenvalue weighted by Crippen LogP contribution is 2.32. The summed E-state index contributed by atoms with van der Waals surface area (Å²) in [7, 11) is 0. The second-order valence-electron chi connectivity index (χ2n) is 7.72. The van der Waals surface area contributed by atoms with Crippen LogP contribution in [0.2, 0.25) is 5.02 Å². The molecule has 2 saturated heterocycles. The van der Waals surface area contributed by atoms with E-state index < -0.39 is 0 Å². The second-order valence-corrected chi connectivity index (χ2v) is 8.13. The minimum atomic E-state index is 0.0928. The van der Waals surface area contributed by atoms with Crippen LogP contribution in [0.4, 0.5) is 0 Å². The molecule has 0 aliphatic carbocycles. The molecular weight excluding hydrogens is 336 g/mol. The lowest BCUT2D eigenvalue weighted by Gasteiger charge is -2.22. The van der Waals surface area contributed by atoms with E-state index in [9.17, 15) is 4.79 Å². The van der Waals surface area contributed by atoms with Gasteiger partial charge in [-0.3, -0.25) is 4.79 Å². The van der Waals surface area contributed by atoms with Crippen LogP contribution >= 0.6 is 11.6 Å². The van der Waals surface area contributed by atoms with E-state index in [1.54, 1.807) is 0 Å². The molecule has 0 spiro atoms. The summed E-state index contributed by atoms with van der Waals surface area (Å²) >= 11 is 6.24. The smallest absolute Gasteiger partial charge is 0.260 e. The Morgan fingerprint density at radius 1 is 1.28 bits per heavy atom. The molecule has 1 aromatic rings. The minimum Gasteiger partial charge on any atom is -0.483 e. The molecule has 2 atom stereocenters. The third-order valence-electron chi connectivity index (χ3n) is 5.64. The molecule has 1 N–H and O–H groups in total. The van der Waals surface area contributed by atoms with Crippen molar-refractivity contribution in [2.45, 2.75) is 39.5 Å². The summed E-state index contributed by atoms with van der Waals surface area (Å²) in [6.07, 6.45) is 2.20. The fraction of sp³-hybridized carbons (Fsp3) is 0.650.